The van der Waals surface area contributed by atoms with E-state index in [2.05, 4.69) is 9.88 Å². The molecule has 2 aliphatic rings. The van der Waals surface area contributed by atoms with Crippen molar-refractivity contribution < 1.29 is 9.47 Å². The molecule has 2 unspecified atom stereocenters. The van der Waals surface area contributed by atoms with Crippen molar-refractivity contribution in [1.29, 1.82) is 0 Å². The third kappa shape index (κ3) is 2.54. The molecule has 1 aromatic rings. The molecule has 3 rings (SSSR count). The molecule has 0 aromatic carbocycles. The number of morpholine rings is 1. The van der Waals surface area contributed by atoms with Gasteiger partial charge in [-0.25, -0.2) is 0 Å². The van der Waals surface area contributed by atoms with Crippen molar-refractivity contribution in [3.05, 3.63) is 12.1 Å². The van der Waals surface area contributed by atoms with Crippen molar-refractivity contribution in [3.8, 4) is 5.88 Å². The van der Waals surface area contributed by atoms with Crippen LogP contribution in [-0.2, 0) is 4.74 Å². The van der Waals surface area contributed by atoms with E-state index in [1.54, 1.807) is 0 Å². The minimum atomic E-state index is 0.0731. The van der Waals surface area contributed by atoms with Crippen LogP contribution in [0.3, 0.4) is 0 Å². The Morgan fingerprint density at radius 2 is 2.25 bits per heavy atom. The Kier molecular flexibility index (Phi) is 3.70. The second-order valence-corrected chi connectivity index (χ2v) is 5.83. The van der Waals surface area contributed by atoms with E-state index >= 15 is 0 Å². The van der Waals surface area contributed by atoms with Gasteiger partial charge in [-0.2, -0.15) is 4.98 Å². The summed E-state index contributed by atoms with van der Waals surface area (Å²) in [5, 5.41) is 0. The molecule has 0 radical (unpaired) electrons. The van der Waals surface area contributed by atoms with E-state index in [4.69, 9.17) is 15.2 Å². The molecule has 0 spiro atoms. The van der Waals surface area contributed by atoms with Gasteiger partial charge in [0.15, 0.2) is 0 Å². The van der Waals surface area contributed by atoms with Gasteiger partial charge in [0.05, 0.1) is 30.5 Å². The first-order valence-corrected chi connectivity index (χ1v) is 7.46. The lowest BCUT2D eigenvalue weighted by Crippen LogP contribution is -2.49. The van der Waals surface area contributed by atoms with Gasteiger partial charge in [-0.15, -0.1) is 0 Å². The smallest absolute Gasteiger partial charge is 0.239 e. The molecule has 110 valence electrons. The number of fused-ring (bicyclic) bond motifs is 1. The van der Waals surface area contributed by atoms with Gasteiger partial charge < -0.3 is 20.1 Å². The summed E-state index contributed by atoms with van der Waals surface area (Å²) in [4.78, 5) is 6.97. The van der Waals surface area contributed by atoms with Gasteiger partial charge >= 0.3 is 0 Å². The Labute approximate surface area is 120 Å². The molecular weight excluding hydrogens is 254 g/mol. The highest BCUT2D eigenvalue weighted by molar-refractivity contribution is 5.55. The van der Waals surface area contributed by atoms with E-state index in [1.165, 1.54) is 12.8 Å². The Morgan fingerprint density at radius 1 is 1.40 bits per heavy atom. The second kappa shape index (κ2) is 5.48. The van der Waals surface area contributed by atoms with Crippen LogP contribution in [0.1, 0.15) is 33.1 Å². The van der Waals surface area contributed by atoms with Crippen LogP contribution in [0.5, 0.6) is 5.88 Å². The minimum Gasteiger partial charge on any atom is -0.473 e. The highest BCUT2D eigenvalue weighted by atomic mass is 16.5. The fourth-order valence-electron chi connectivity index (χ4n) is 3.13. The van der Waals surface area contributed by atoms with Crippen molar-refractivity contribution >= 4 is 11.5 Å². The topological polar surface area (TPSA) is 60.6 Å². The summed E-state index contributed by atoms with van der Waals surface area (Å²) in [5.41, 5.74) is 6.54. The lowest BCUT2D eigenvalue weighted by atomic mass is 10.1. The summed E-state index contributed by atoms with van der Waals surface area (Å²) < 4.78 is 11.5. The predicted molar refractivity (Wildman–Crippen MR) is 79.1 cm³/mol. The zero-order chi connectivity index (χ0) is 14.1. The minimum absolute atomic E-state index is 0.0731. The Bertz CT molecular complexity index is 478. The number of aromatic nitrogens is 1. The van der Waals surface area contributed by atoms with E-state index in [1.807, 2.05) is 26.0 Å². The molecule has 2 heterocycles. The molecule has 5 heteroatoms. The van der Waals surface area contributed by atoms with Gasteiger partial charge in [0.2, 0.25) is 5.88 Å². The molecule has 1 aliphatic heterocycles. The molecule has 0 amide bonds. The van der Waals surface area contributed by atoms with Crippen LogP contribution in [0.4, 0.5) is 11.5 Å². The van der Waals surface area contributed by atoms with Gasteiger partial charge in [0.25, 0.3) is 0 Å². The number of pyridine rings is 1. The van der Waals surface area contributed by atoms with Crippen LogP contribution in [0.15, 0.2) is 12.1 Å². The van der Waals surface area contributed by atoms with Crippen LogP contribution in [-0.4, -0.2) is 36.4 Å². The van der Waals surface area contributed by atoms with Crippen molar-refractivity contribution in [1.82, 2.24) is 4.98 Å². The molecular formula is C15H23N3O2. The molecule has 1 saturated heterocycles. The number of rotatable bonds is 3. The molecule has 2 N–H and O–H groups in total. The number of anilines is 2. The van der Waals surface area contributed by atoms with Crippen LogP contribution in [0.2, 0.25) is 0 Å². The first-order valence-electron chi connectivity index (χ1n) is 7.46. The van der Waals surface area contributed by atoms with E-state index in [0.29, 0.717) is 23.7 Å². The maximum atomic E-state index is 5.94. The average molecular weight is 277 g/mol. The fraction of sp³-hybridized carbons (Fsp3) is 0.667. The van der Waals surface area contributed by atoms with E-state index in [-0.39, 0.29) is 6.10 Å². The highest BCUT2D eigenvalue weighted by Crippen LogP contribution is 2.34. The van der Waals surface area contributed by atoms with Crippen molar-refractivity contribution in [2.45, 2.75) is 51.4 Å². The number of hydrogen-bond donors (Lipinski definition) is 1. The van der Waals surface area contributed by atoms with E-state index < -0.39 is 0 Å². The monoisotopic (exact) mass is 277 g/mol. The maximum absolute atomic E-state index is 5.94. The Hall–Kier alpha value is -1.49. The molecule has 20 heavy (non-hydrogen) atoms. The average Bonchev–Trinajstić information content (AvgIpc) is 2.89. The SMILES string of the molecule is CC(C)Oc1nc(N2CCOC3CCCC32)ccc1N. The third-order valence-corrected chi connectivity index (χ3v) is 4.00. The summed E-state index contributed by atoms with van der Waals surface area (Å²) in [6.45, 7) is 5.62. The molecule has 1 aliphatic carbocycles. The fourth-order valence-corrected chi connectivity index (χ4v) is 3.13. The third-order valence-electron chi connectivity index (χ3n) is 4.00. The maximum Gasteiger partial charge on any atom is 0.239 e. The number of hydrogen-bond acceptors (Lipinski definition) is 5. The normalized spacial score (nSPS) is 25.9. The van der Waals surface area contributed by atoms with E-state index in [0.717, 1.165) is 25.4 Å². The van der Waals surface area contributed by atoms with Crippen molar-refractivity contribution in [3.63, 3.8) is 0 Å². The van der Waals surface area contributed by atoms with Crippen molar-refractivity contribution in [2.75, 3.05) is 23.8 Å². The molecule has 5 nitrogen and oxygen atoms in total. The van der Waals surface area contributed by atoms with Crippen molar-refractivity contribution in [2.24, 2.45) is 0 Å². The molecule has 2 fully saturated rings. The highest BCUT2D eigenvalue weighted by Gasteiger charge is 2.36. The van der Waals surface area contributed by atoms with Crippen LogP contribution in [0, 0.1) is 0 Å². The summed E-state index contributed by atoms with van der Waals surface area (Å²) in [7, 11) is 0. The van der Waals surface area contributed by atoms with Gasteiger partial charge in [-0.05, 0) is 45.2 Å². The molecule has 0 bridgehead atoms. The van der Waals surface area contributed by atoms with Gasteiger partial charge in [0.1, 0.15) is 5.82 Å². The predicted octanol–water partition coefficient (Wildman–Crippen LogP) is 2.21. The summed E-state index contributed by atoms with van der Waals surface area (Å²) in [6, 6.07) is 4.33. The largest absolute Gasteiger partial charge is 0.473 e. The lowest BCUT2D eigenvalue weighted by Gasteiger charge is -2.38. The summed E-state index contributed by atoms with van der Waals surface area (Å²) in [6.07, 6.45) is 4.00. The van der Waals surface area contributed by atoms with Crippen LogP contribution in [0.25, 0.3) is 0 Å². The van der Waals surface area contributed by atoms with Crippen LogP contribution >= 0.6 is 0 Å². The quantitative estimate of drug-likeness (QED) is 0.918. The van der Waals surface area contributed by atoms with E-state index in [9.17, 15) is 0 Å². The molecule has 1 saturated carbocycles. The number of nitrogen functional groups attached to an aromatic ring is 1. The lowest BCUT2D eigenvalue weighted by molar-refractivity contribution is 0.0252. The Balaban J connectivity index is 1.85. The zero-order valence-corrected chi connectivity index (χ0v) is 12.2. The first-order chi connectivity index (χ1) is 9.65. The van der Waals surface area contributed by atoms with Gasteiger partial charge in [-0.3, -0.25) is 0 Å². The standard InChI is InChI=1S/C15H23N3O2/c1-10(2)20-15-11(16)6-7-14(17-15)18-8-9-19-13-5-3-4-12(13)18/h6-7,10,12-13H,3-5,8-9,16H2,1-2H3. The second-order valence-electron chi connectivity index (χ2n) is 5.83. The van der Waals surface area contributed by atoms with Crippen LogP contribution < -0.4 is 15.4 Å². The summed E-state index contributed by atoms with van der Waals surface area (Å²) >= 11 is 0. The zero-order valence-electron chi connectivity index (χ0n) is 12.2. The van der Waals surface area contributed by atoms with Gasteiger partial charge in [0, 0.05) is 6.54 Å². The number of ether oxygens (including phenoxy) is 2. The van der Waals surface area contributed by atoms with Gasteiger partial charge in [-0.1, -0.05) is 0 Å². The number of nitrogens with zero attached hydrogens (tertiary/aromatic N) is 2. The number of nitrogens with two attached hydrogens (primary N) is 1. The Morgan fingerprint density at radius 3 is 3.05 bits per heavy atom. The molecule has 1 aromatic heterocycles. The molecule has 2 atom stereocenters. The first kappa shape index (κ1) is 13.5. The summed E-state index contributed by atoms with van der Waals surface area (Å²) in [5.74, 6) is 1.49.